The van der Waals surface area contributed by atoms with Gasteiger partial charge in [0.1, 0.15) is 6.04 Å². The van der Waals surface area contributed by atoms with Crippen molar-refractivity contribution in [2.75, 3.05) is 18.4 Å². The predicted molar refractivity (Wildman–Crippen MR) is 94.9 cm³/mol. The molecule has 0 bridgehead atoms. The topological polar surface area (TPSA) is 32.3 Å². The minimum absolute atomic E-state index is 0.00648. The summed E-state index contributed by atoms with van der Waals surface area (Å²) in [6.07, 6.45) is 0. The molecule has 2 rings (SSSR count). The lowest BCUT2D eigenvalue weighted by Gasteiger charge is -2.29. The highest BCUT2D eigenvalue weighted by atomic mass is 79.9. The fourth-order valence-electron chi connectivity index (χ4n) is 2.53. The van der Waals surface area contributed by atoms with Crippen LogP contribution in [0.3, 0.4) is 0 Å². The van der Waals surface area contributed by atoms with Crippen LogP contribution in [0.15, 0.2) is 59.1 Å². The normalized spacial score (nSPS) is 12.2. The molecule has 0 aliphatic heterocycles. The lowest BCUT2D eigenvalue weighted by atomic mass is 10.0. The second-order valence-electron chi connectivity index (χ2n) is 5.03. The van der Waals surface area contributed by atoms with Crippen molar-refractivity contribution in [1.82, 2.24) is 4.90 Å². The first-order valence-corrected chi connectivity index (χ1v) is 8.30. The summed E-state index contributed by atoms with van der Waals surface area (Å²) < 4.78 is 0.949. The number of carbonyl (C=O) groups excluding carboxylic acids is 1. The van der Waals surface area contributed by atoms with E-state index < -0.39 is 0 Å². The minimum Gasteiger partial charge on any atom is -0.324 e. The summed E-state index contributed by atoms with van der Waals surface area (Å²) in [5, 5.41) is 3.02. The van der Waals surface area contributed by atoms with Crippen LogP contribution in [0.5, 0.6) is 0 Å². The fraction of sp³-hybridized carbons (Fsp3) is 0.278. The second-order valence-corrected chi connectivity index (χ2v) is 5.95. The van der Waals surface area contributed by atoms with Gasteiger partial charge in [0.25, 0.3) is 0 Å². The molecule has 0 heterocycles. The zero-order chi connectivity index (χ0) is 15.9. The van der Waals surface area contributed by atoms with E-state index in [-0.39, 0.29) is 11.9 Å². The Labute approximate surface area is 140 Å². The van der Waals surface area contributed by atoms with Gasteiger partial charge >= 0.3 is 0 Å². The third-order valence-corrected chi connectivity index (χ3v) is 4.13. The van der Waals surface area contributed by atoms with E-state index in [9.17, 15) is 4.79 Å². The van der Waals surface area contributed by atoms with Crippen molar-refractivity contribution in [2.24, 2.45) is 0 Å². The highest BCUT2D eigenvalue weighted by Crippen LogP contribution is 2.23. The minimum atomic E-state index is -0.282. The Bertz CT molecular complexity index is 611. The van der Waals surface area contributed by atoms with Crippen LogP contribution in [0.1, 0.15) is 25.5 Å². The Morgan fingerprint density at radius 3 is 2.36 bits per heavy atom. The lowest BCUT2D eigenvalue weighted by Crippen LogP contribution is -2.37. The van der Waals surface area contributed by atoms with Crippen LogP contribution in [0, 0.1) is 0 Å². The van der Waals surface area contributed by atoms with E-state index >= 15 is 0 Å². The van der Waals surface area contributed by atoms with E-state index in [0.717, 1.165) is 28.8 Å². The number of hydrogen-bond acceptors (Lipinski definition) is 2. The summed E-state index contributed by atoms with van der Waals surface area (Å²) in [6.45, 7) is 5.79. The molecule has 0 aromatic heterocycles. The van der Waals surface area contributed by atoms with Gasteiger partial charge in [-0.05, 0) is 36.9 Å². The lowest BCUT2D eigenvalue weighted by molar-refractivity contribution is -0.121. The number of benzene rings is 2. The maximum atomic E-state index is 12.8. The molecule has 4 heteroatoms. The first-order chi connectivity index (χ1) is 10.7. The van der Waals surface area contributed by atoms with Gasteiger partial charge in [0, 0.05) is 10.2 Å². The number of likely N-dealkylation sites (N-methyl/N-ethyl adjacent to an activating group) is 1. The number of nitrogens with one attached hydrogen (secondary N) is 1. The number of amides is 1. The van der Waals surface area contributed by atoms with Crippen molar-refractivity contribution < 1.29 is 4.79 Å². The van der Waals surface area contributed by atoms with E-state index in [1.165, 1.54) is 0 Å². The van der Waals surface area contributed by atoms with Crippen LogP contribution >= 0.6 is 15.9 Å². The molecular weight excluding hydrogens is 340 g/mol. The van der Waals surface area contributed by atoms with Crippen LogP contribution < -0.4 is 5.32 Å². The number of halogens is 1. The van der Waals surface area contributed by atoms with Crippen LogP contribution in [0.25, 0.3) is 0 Å². The smallest absolute Gasteiger partial charge is 0.246 e. The Balaban J connectivity index is 2.26. The summed E-state index contributed by atoms with van der Waals surface area (Å²) in [5.41, 5.74) is 1.81. The molecule has 1 unspecified atom stereocenters. The van der Waals surface area contributed by atoms with Crippen molar-refractivity contribution >= 4 is 27.5 Å². The molecule has 0 saturated carbocycles. The van der Waals surface area contributed by atoms with Gasteiger partial charge in [0.15, 0.2) is 0 Å². The summed E-state index contributed by atoms with van der Waals surface area (Å²) in [4.78, 5) is 15.0. The molecule has 1 amide bonds. The van der Waals surface area contributed by atoms with E-state index in [4.69, 9.17) is 0 Å². The first kappa shape index (κ1) is 16.7. The summed E-state index contributed by atoms with van der Waals surface area (Å²) in [5.74, 6) is -0.00648. The molecule has 0 saturated heterocycles. The van der Waals surface area contributed by atoms with Gasteiger partial charge < -0.3 is 5.32 Å². The molecule has 2 aromatic rings. The Hall–Kier alpha value is -1.65. The second kappa shape index (κ2) is 8.11. The molecule has 0 aliphatic rings. The van der Waals surface area contributed by atoms with E-state index in [2.05, 4.69) is 40.0 Å². The van der Waals surface area contributed by atoms with E-state index in [0.29, 0.717) is 0 Å². The molecule has 2 aromatic carbocycles. The quantitative estimate of drug-likeness (QED) is 0.823. The molecule has 1 N–H and O–H groups in total. The van der Waals surface area contributed by atoms with Crippen molar-refractivity contribution in [3.63, 3.8) is 0 Å². The van der Waals surface area contributed by atoms with Crippen molar-refractivity contribution in [3.05, 3.63) is 64.6 Å². The van der Waals surface area contributed by atoms with Gasteiger partial charge in [-0.25, -0.2) is 0 Å². The molecule has 0 fully saturated rings. The van der Waals surface area contributed by atoms with Crippen molar-refractivity contribution in [1.29, 1.82) is 0 Å². The molecule has 0 spiro atoms. The van der Waals surface area contributed by atoms with Crippen LogP contribution in [0.2, 0.25) is 0 Å². The first-order valence-electron chi connectivity index (χ1n) is 7.51. The van der Waals surface area contributed by atoms with E-state index in [1.807, 2.05) is 54.6 Å². The predicted octanol–water partition coefficient (Wildman–Crippen LogP) is 4.47. The van der Waals surface area contributed by atoms with Crippen molar-refractivity contribution in [3.8, 4) is 0 Å². The third kappa shape index (κ3) is 4.18. The maximum Gasteiger partial charge on any atom is 0.246 e. The van der Waals surface area contributed by atoms with Gasteiger partial charge in [-0.2, -0.15) is 0 Å². The highest BCUT2D eigenvalue weighted by molar-refractivity contribution is 9.10. The Morgan fingerprint density at radius 2 is 1.77 bits per heavy atom. The third-order valence-electron chi connectivity index (χ3n) is 3.63. The summed E-state index contributed by atoms with van der Waals surface area (Å²) >= 11 is 3.43. The maximum absolute atomic E-state index is 12.8. The van der Waals surface area contributed by atoms with Gasteiger partial charge in [-0.3, -0.25) is 9.69 Å². The van der Waals surface area contributed by atoms with Crippen LogP contribution in [-0.2, 0) is 4.79 Å². The molecular formula is C18H21BrN2O. The van der Waals surface area contributed by atoms with E-state index in [1.54, 1.807) is 0 Å². The molecule has 0 radical (unpaired) electrons. The van der Waals surface area contributed by atoms with Gasteiger partial charge in [0.05, 0.1) is 0 Å². The SMILES string of the molecule is CCN(CC)C(C(=O)Nc1cccc(Br)c1)c1ccccc1. The molecule has 3 nitrogen and oxygen atoms in total. The number of hydrogen-bond donors (Lipinski definition) is 1. The summed E-state index contributed by atoms with van der Waals surface area (Å²) in [6, 6.07) is 17.3. The fourth-order valence-corrected chi connectivity index (χ4v) is 2.93. The zero-order valence-corrected chi connectivity index (χ0v) is 14.5. The molecule has 0 aliphatic carbocycles. The zero-order valence-electron chi connectivity index (χ0n) is 12.9. The van der Waals surface area contributed by atoms with Gasteiger partial charge in [0.2, 0.25) is 5.91 Å². The molecule has 22 heavy (non-hydrogen) atoms. The number of rotatable bonds is 6. The van der Waals surface area contributed by atoms with Crippen LogP contribution in [-0.4, -0.2) is 23.9 Å². The van der Waals surface area contributed by atoms with Gasteiger partial charge in [-0.15, -0.1) is 0 Å². The number of anilines is 1. The largest absolute Gasteiger partial charge is 0.324 e. The summed E-state index contributed by atoms with van der Waals surface area (Å²) in [7, 11) is 0. The number of carbonyl (C=O) groups is 1. The standard InChI is InChI=1S/C18H21BrN2O/c1-3-21(4-2)17(14-9-6-5-7-10-14)18(22)20-16-12-8-11-15(19)13-16/h5-13,17H,3-4H2,1-2H3,(H,20,22). The molecule has 116 valence electrons. The number of nitrogens with zero attached hydrogens (tertiary/aromatic N) is 1. The monoisotopic (exact) mass is 360 g/mol. The Kier molecular flexibility index (Phi) is 6.16. The van der Waals surface area contributed by atoms with Gasteiger partial charge in [-0.1, -0.05) is 66.2 Å². The average Bonchev–Trinajstić information content (AvgIpc) is 2.53. The average molecular weight is 361 g/mol. The Morgan fingerprint density at radius 1 is 1.09 bits per heavy atom. The molecule has 1 atom stereocenters. The van der Waals surface area contributed by atoms with Crippen molar-refractivity contribution in [2.45, 2.75) is 19.9 Å². The highest BCUT2D eigenvalue weighted by Gasteiger charge is 2.25. The van der Waals surface area contributed by atoms with Crippen LogP contribution in [0.4, 0.5) is 5.69 Å².